The van der Waals surface area contributed by atoms with Gasteiger partial charge < -0.3 is 16.0 Å². The minimum absolute atomic E-state index is 0. The number of hydrogen-bond acceptors (Lipinski definition) is 3. The molecule has 158 valence electrons. The number of benzene rings is 1. The molecule has 0 saturated carbocycles. The molecule has 6 nitrogen and oxygen atoms in total. The van der Waals surface area contributed by atoms with E-state index in [0.717, 1.165) is 19.0 Å². The fraction of sp³-hybridized carbons (Fsp3) is 0.579. The van der Waals surface area contributed by atoms with E-state index >= 15 is 0 Å². The maximum Gasteiger partial charge on any atom is 0.251 e. The van der Waals surface area contributed by atoms with Gasteiger partial charge in [-0.05, 0) is 38.0 Å². The average Bonchev–Trinajstić information content (AvgIpc) is 3.00. The molecule has 9 heteroatoms. The third kappa shape index (κ3) is 7.24. The normalized spacial score (nSPS) is 20.0. The van der Waals surface area contributed by atoms with Crippen LogP contribution in [0.5, 0.6) is 0 Å². The first-order chi connectivity index (χ1) is 12.8. The van der Waals surface area contributed by atoms with Crippen LogP contribution in [0.25, 0.3) is 0 Å². The summed E-state index contributed by atoms with van der Waals surface area (Å²) < 4.78 is 0. The molecule has 1 heterocycles. The maximum atomic E-state index is 12.2. The molecule has 1 amide bonds. The molecule has 3 N–H and O–H groups in total. The van der Waals surface area contributed by atoms with Gasteiger partial charge in [0.2, 0.25) is 0 Å². The lowest BCUT2D eigenvalue weighted by Gasteiger charge is -2.22. The van der Waals surface area contributed by atoms with E-state index in [4.69, 9.17) is 23.2 Å². The van der Waals surface area contributed by atoms with Gasteiger partial charge >= 0.3 is 0 Å². The minimum Gasteiger partial charge on any atom is -0.355 e. The van der Waals surface area contributed by atoms with Gasteiger partial charge in [0.15, 0.2) is 5.96 Å². The molecule has 1 aliphatic rings. The van der Waals surface area contributed by atoms with Crippen LogP contribution < -0.4 is 16.0 Å². The molecule has 1 aromatic rings. The summed E-state index contributed by atoms with van der Waals surface area (Å²) in [5, 5.41) is 10.4. The number of carbonyl (C=O) groups excluding carboxylic acids is 1. The zero-order valence-corrected chi connectivity index (χ0v) is 20.6. The molecule has 0 aliphatic carbocycles. The molecule has 1 saturated heterocycles. The van der Waals surface area contributed by atoms with Crippen molar-refractivity contribution in [2.24, 2.45) is 10.9 Å². The smallest absolute Gasteiger partial charge is 0.251 e. The molecule has 2 unspecified atom stereocenters. The first-order valence-electron chi connectivity index (χ1n) is 9.26. The second kappa shape index (κ2) is 12.0. The lowest BCUT2D eigenvalue weighted by Crippen LogP contribution is -2.48. The lowest BCUT2D eigenvalue weighted by atomic mass is 10.1. The van der Waals surface area contributed by atoms with Gasteiger partial charge in [0, 0.05) is 50.9 Å². The Kier molecular flexibility index (Phi) is 10.9. The van der Waals surface area contributed by atoms with Crippen molar-refractivity contribution in [1.29, 1.82) is 0 Å². The number of likely N-dealkylation sites (tertiary alicyclic amines) is 1. The molecule has 28 heavy (non-hydrogen) atoms. The summed E-state index contributed by atoms with van der Waals surface area (Å²) in [6.45, 7) is 9.84. The molecular weight excluding hydrogens is 512 g/mol. The summed E-state index contributed by atoms with van der Waals surface area (Å²) in [4.78, 5) is 18.9. The number of guanidine groups is 1. The van der Waals surface area contributed by atoms with Crippen LogP contribution in [-0.2, 0) is 0 Å². The highest BCUT2D eigenvalue weighted by molar-refractivity contribution is 14.0. The monoisotopic (exact) mass is 541 g/mol. The zero-order valence-electron chi connectivity index (χ0n) is 16.8. The zero-order chi connectivity index (χ0) is 20.0. The molecule has 1 aliphatic heterocycles. The van der Waals surface area contributed by atoms with Crippen LogP contribution in [0.15, 0.2) is 23.2 Å². The summed E-state index contributed by atoms with van der Waals surface area (Å²) >= 11 is 11.8. The number of halogens is 3. The Balaban J connectivity index is 0.00000392. The van der Waals surface area contributed by atoms with Crippen molar-refractivity contribution < 1.29 is 4.79 Å². The van der Waals surface area contributed by atoms with Crippen molar-refractivity contribution in [3.8, 4) is 0 Å². The van der Waals surface area contributed by atoms with E-state index in [1.54, 1.807) is 25.2 Å². The Hall–Kier alpha value is -0.770. The van der Waals surface area contributed by atoms with Gasteiger partial charge in [-0.25, -0.2) is 0 Å². The van der Waals surface area contributed by atoms with Crippen molar-refractivity contribution >= 4 is 59.0 Å². The van der Waals surface area contributed by atoms with Crippen LogP contribution in [0.3, 0.4) is 0 Å². The van der Waals surface area contributed by atoms with Gasteiger partial charge in [0.05, 0.1) is 10.0 Å². The highest BCUT2D eigenvalue weighted by Crippen LogP contribution is 2.22. The van der Waals surface area contributed by atoms with E-state index in [1.165, 1.54) is 0 Å². The highest BCUT2D eigenvalue weighted by Gasteiger charge is 2.31. The fourth-order valence-electron chi connectivity index (χ4n) is 3.08. The lowest BCUT2D eigenvalue weighted by molar-refractivity contribution is 0.0954. The molecule has 0 spiro atoms. The standard InChI is InChI=1S/C19H29Cl2N5O.HI/c1-12(2)26-10-13(3)17(11-26)25-19(22-4)24-8-7-23-18(27)14-5-6-15(20)16(21)9-14;/h5-6,9,12-13,17H,7-8,10-11H2,1-4H3,(H,23,27)(H2,22,24,25);1H. The summed E-state index contributed by atoms with van der Waals surface area (Å²) in [6, 6.07) is 5.75. The van der Waals surface area contributed by atoms with Gasteiger partial charge in [0.1, 0.15) is 0 Å². The molecule has 1 aromatic carbocycles. The minimum atomic E-state index is -0.185. The quantitative estimate of drug-likeness (QED) is 0.224. The van der Waals surface area contributed by atoms with Crippen LogP contribution in [0.2, 0.25) is 10.0 Å². The first kappa shape index (κ1) is 25.3. The van der Waals surface area contributed by atoms with Crippen LogP contribution in [0.4, 0.5) is 0 Å². The number of carbonyl (C=O) groups is 1. The summed E-state index contributed by atoms with van der Waals surface area (Å²) in [6.07, 6.45) is 0. The van der Waals surface area contributed by atoms with E-state index in [-0.39, 0.29) is 29.9 Å². The van der Waals surface area contributed by atoms with Crippen molar-refractivity contribution in [3.63, 3.8) is 0 Å². The average molecular weight is 542 g/mol. The Morgan fingerprint density at radius 2 is 1.89 bits per heavy atom. The maximum absolute atomic E-state index is 12.2. The number of nitrogens with one attached hydrogen (secondary N) is 3. The summed E-state index contributed by atoms with van der Waals surface area (Å²) in [5.41, 5.74) is 0.487. The van der Waals surface area contributed by atoms with E-state index in [0.29, 0.717) is 46.7 Å². The van der Waals surface area contributed by atoms with Gasteiger partial charge in [-0.15, -0.1) is 24.0 Å². The van der Waals surface area contributed by atoms with Crippen LogP contribution in [0.1, 0.15) is 31.1 Å². The number of amides is 1. The SMILES string of the molecule is CN=C(NCCNC(=O)c1ccc(Cl)c(Cl)c1)NC1CN(C(C)C)CC1C.I. The summed E-state index contributed by atoms with van der Waals surface area (Å²) in [5.74, 6) is 1.12. The Morgan fingerprint density at radius 1 is 1.21 bits per heavy atom. The topological polar surface area (TPSA) is 68.8 Å². The highest BCUT2D eigenvalue weighted by atomic mass is 127. The van der Waals surface area contributed by atoms with E-state index in [2.05, 4.69) is 46.6 Å². The van der Waals surface area contributed by atoms with Crippen molar-refractivity contribution in [2.45, 2.75) is 32.9 Å². The molecule has 2 atom stereocenters. The Bertz CT molecular complexity index is 686. The van der Waals surface area contributed by atoms with E-state index in [9.17, 15) is 4.79 Å². The largest absolute Gasteiger partial charge is 0.355 e. The number of nitrogens with zero attached hydrogens (tertiary/aromatic N) is 2. The van der Waals surface area contributed by atoms with Gasteiger partial charge in [0.25, 0.3) is 5.91 Å². The molecule has 2 rings (SSSR count). The van der Waals surface area contributed by atoms with Crippen molar-refractivity contribution in [2.75, 3.05) is 33.2 Å². The second-order valence-electron chi connectivity index (χ2n) is 7.16. The Morgan fingerprint density at radius 3 is 2.46 bits per heavy atom. The first-order valence-corrected chi connectivity index (χ1v) is 10.0. The fourth-order valence-corrected chi connectivity index (χ4v) is 3.38. The third-order valence-corrected chi connectivity index (χ3v) is 5.54. The number of hydrogen-bond donors (Lipinski definition) is 3. The van der Waals surface area contributed by atoms with Crippen LogP contribution in [0, 0.1) is 5.92 Å². The van der Waals surface area contributed by atoms with Crippen molar-refractivity contribution in [3.05, 3.63) is 33.8 Å². The number of aliphatic imine (C=N–C) groups is 1. The van der Waals surface area contributed by atoms with Crippen LogP contribution >= 0.6 is 47.2 Å². The van der Waals surface area contributed by atoms with Crippen molar-refractivity contribution in [1.82, 2.24) is 20.9 Å². The van der Waals surface area contributed by atoms with Crippen LogP contribution in [-0.4, -0.2) is 62.1 Å². The molecule has 1 fully saturated rings. The predicted molar refractivity (Wildman–Crippen MR) is 128 cm³/mol. The second-order valence-corrected chi connectivity index (χ2v) is 7.97. The van der Waals surface area contributed by atoms with Gasteiger partial charge in [-0.2, -0.15) is 0 Å². The van der Waals surface area contributed by atoms with E-state index in [1.807, 2.05) is 0 Å². The molecular formula is C19H30Cl2IN5O. The number of rotatable bonds is 6. The van der Waals surface area contributed by atoms with E-state index < -0.39 is 0 Å². The third-order valence-electron chi connectivity index (χ3n) is 4.80. The molecule has 0 radical (unpaired) electrons. The Labute approximate surface area is 194 Å². The summed E-state index contributed by atoms with van der Waals surface area (Å²) in [7, 11) is 1.75. The molecule has 0 bridgehead atoms. The molecule has 0 aromatic heterocycles. The predicted octanol–water partition coefficient (Wildman–Crippen LogP) is 3.23. The van der Waals surface area contributed by atoms with Gasteiger partial charge in [-0.3, -0.25) is 14.7 Å². The van der Waals surface area contributed by atoms with Gasteiger partial charge in [-0.1, -0.05) is 30.1 Å².